The van der Waals surface area contributed by atoms with Gasteiger partial charge in [-0.3, -0.25) is 9.11 Å². The Morgan fingerprint density at radius 1 is 0.737 bits per heavy atom. The zero-order valence-electron chi connectivity index (χ0n) is 20.7. The van der Waals surface area contributed by atoms with Gasteiger partial charge in [0.1, 0.15) is 21.1 Å². The molecule has 0 fully saturated rings. The van der Waals surface area contributed by atoms with E-state index in [1.807, 2.05) is 19.1 Å². The largest absolute Gasteiger partial charge is 0.456 e. The number of rotatable bonds is 4. The molecule has 3 N–H and O–H groups in total. The van der Waals surface area contributed by atoms with Gasteiger partial charge in [-0.05, 0) is 50.6 Å². The average molecular weight is 551 g/mol. The van der Waals surface area contributed by atoms with Gasteiger partial charge in [0.15, 0.2) is 0 Å². The first kappa shape index (κ1) is 25.8. The van der Waals surface area contributed by atoms with E-state index >= 15 is 0 Å². The van der Waals surface area contributed by atoms with Crippen LogP contribution in [0.3, 0.4) is 0 Å². The third-order valence-electron chi connectivity index (χ3n) is 6.49. The van der Waals surface area contributed by atoms with E-state index in [0.717, 1.165) is 5.56 Å². The molecule has 0 bridgehead atoms. The van der Waals surface area contributed by atoms with Crippen molar-refractivity contribution in [3.05, 3.63) is 94.8 Å². The number of fused-ring (bicyclic) bond motifs is 2. The molecule has 0 aromatic heterocycles. The van der Waals surface area contributed by atoms with Gasteiger partial charge in [0, 0.05) is 39.3 Å². The lowest BCUT2D eigenvalue weighted by Gasteiger charge is -2.16. The molecular formula is C28H24NO7S2+. The van der Waals surface area contributed by atoms with E-state index in [1.165, 1.54) is 6.07 Å². The lowest BCUT2D eigenvalue weighted by Crippen LogP contribution is -2.71. The lowest BCUT2D eigenvalue weighted by molar-refractivity contribution is -0.403. The molecule has 38 heavy (non-hydrogen) atoms. The second kappa shape index (κ2) is 9.17. The van der Waals surface area contributed by atoms with Crippen LogP contribution in [0.4, 0.5) is 5.69 Å². The van der Waals surface area contributed by atoms with Gasteiger partial charge in [-0.25, -0.2) is 4.99 Å². The Kier molecular flexibility index (Phi) is 6.23. The fraction of sp³-hybridized carbons (Fsp3) is 0.107. The minimum atomic E-state index is -4.51. The molecule has 10 heteroatoms. The van der Waals surface area contributed by atoms with E-state index < -0.39 is 20.2 Å². The molecule has 1 aliphatic carbocycles. The quantitative estimate of drug-likeness (QED) is 0.228. The Labute approximate surface area is 219 Å². The molecule has 0 spiro atoms. The molecule has 1 aliphatic heterocycles. The van der Waals surface area contributed by atoms with Crippen molar-refractivity contribution >= 4 is 36.9 Å². The van der Waals surface area contributed by atoms with Crippen LogP contribution >= 0.6 is 0 Å². The summed E-state index contributed by atoms with van der Waals surface area (Å²) in [5.41, 5.74) is 4.16. The summed E-state index contributed by atoms with van der Waals surface area (Å²) >= 11 is 0. The van der Waals surface area contributed by atoms with E-state index in [0.29, 0.717) is 55.6 Å². The number of para-hydroxylation sites is 1. The molecule has 3 aromatic carbocycles. The van der Waals surface area contributed by atoms with Crippen molar-refractivity contribution in [2.75, 3.05) is 0 Å². The van der Waals surface area contributed by atoms with Gasteiger partial charge < -0.3 is 4.42 Å². The van der Waals surface area contributed by atoms with Gasteiger partial charge in [-0.2, -0.15) is 16.8 Å². The summed E-state index contributed by atoms with van der Waals surface area (Å²) in [6.07, 6.45) is 0. The molecule has 0 unspecified atom stereocenters. The highest BCUT2D eigenvalue weighted by molar-refractivity contribution is 7.86. The summed E-state index contributed by atoms with van der Waals surface area (Å²) in [4.78, 5) is 2.88. The monoisotopic (exact) mass is 550 g/mol. The Morgan fingerprint density at radius 2 is 1.42 bits per heavy atom. The first-order valence-corrected chi connectivity index (χ1v) is 14.4. The molecule has 2 aliphatic rings. The van der Waals surface area contributed by atoms with Gasteiger partial charge in [-0.15, -0.1) is 0 Å². The van der Waals surface area contributed by atoms with Crippen molar-refractivity contribution in [2.24, 2.45) is 0 Å². The maximum Gasteiger partial charge on any atom is 0.295 e. The van der Waals surface area contributed by atoms with Crippen LogP contribution in [0.25, 0.3) is 33.4 Å². The van der Waals surface area contributed by atoms with E-state index in [9.17, 15) is 25.9 Å². The molecule has 0 saturated carbocycles. The summed E-state index contributed by atoms with van der Waals surface area (Å²) in [5, 5.41) is 1.25. The number of hydrogen-bond donors (Lipinski definition) is 3. The SMILES string of the molecule is Cc1cc(C)c(S(=O)(=O)O)c(C)c1[NH+]=c1ccc2c(-c3ccccc3S(=O)(=O)O)c3ccccc3oc-2c1. The highest BCUT2D eigenvalue weighted by Gasteiger charge is 2.25. The van der Waals surface area contributed by atoms with Crippen LogP contribution in [0.2, 0.25) is 0 Å². The summed E-state index contributed by atoms with van der Waals surface area (Å²) < 4.78 is 74.3. The van der Waals surface area contributed by atoms with Gasteiger partial charge in [0.25, 0.3) is 20.2 Å². The summed E-state index contributed by atoms with van der Waals surface area (Å²) in [6, 6.07) is 20.4. The molecule has 0 amide bonds. The molecule has 3 aromatic rings. The van der Waals surface area contributed by atoms with E-state index in [2.05, 4.69) is 4.99 Å². The molecule has 1 heterocycles. The maximum absolute atomic E-state index is 12.2. The van der Waals surface area contributed by atoms with Crippen LogP contribution in [-0.2, 0) is 20.2 Å². The molecule has 0 radical (unpaired) electrons. The van der Waals surface area contributed by atoms with Crippen LogP contribution < -0.4 is 10.3 Å². The van der Waals surface area contributed by atoms with E-state index in [1.54, 1.807) is 68.4 Å². The fourth-order valence-electron chi connectivity index (χ4n) is 5.01. The van der Waals surface area contributed by atoms with Crippen LogP contribution in [0.15, 0.2) is 87.0 Å². The van der Waals surface area contributed by atoms with Crippen molar-refractivity contribution in [1.29, 1.82) is 0 Å². The number of aryl methyl sites for hydroxylation is 2. The zero-order valence-corrected chi connectivity index (χ0v) is 22.3. The van der Waals surface area contributed by atoms with E-state index in [4.69, 9.17) is 4.42 Å². The van der Waals surface area contributed by atoms with E-state index in [-0.39, 0.29) is 9.79 Å². The van der Waals surface area contributed by atoms with Gasteiger partial charge in [0.2, 0.25) is 11.0 Å². The van der Waals surface area contributed by atoms with Crippen molar-refractivity contribution in [3.63, 3.8) is 0 Å². The minimum Gasteiger partial charge on any atom is -0.456 e. The lowest BCUT2D eigenvalue weighted by atomic mass is 9.93. The second-order valence-electron chi connectivity index (χ2n) is 9.09. The second-order valence-corrected chi connectivity index (χ2v) is 11.8. The first-order valence-electron chi connectivity index (χ1n) is 11.6. The van der Waals surface area contributed by atoms with Gasteiger partial charge >= 0.3 is 0 Å². The van der Waals surface area contributed by atoms with Crippen molar-refractivity contribution in [1.82, 2.24) is 0 Å². The molecule has 0 atom stereocenters. The maximum atomic E-state index is 12.2. The van der Waals surface area contributed by atoms with Gasteiger partial charge in [0.05, 0.1) is 6.07 Å². The number of benzene rings is 4. The topological polar surface area (TPSA) is 136 Å². The van der Waals surface area contributed by atoms with Crippen LogP contribution in [0.5, 0.6) is 0 Å². The van der Waals surface area contributed by atoms with Crippen molar-refractivity contribution in [2.45, 2.75) is 30.6 Å². The number of hydrogen-bond acceptors (Lipinski definition) is 5. The summed E-state index contributed by atoms with van der Waals surface area (Å²) in [5.74, 6) is 0.436. The zero-order chi connectivity index (χ0) is 27.4. The molecule has 0 saturated heterocycles. The average Bonchev–Trinajstić information content (AvgIpc) is 2.83. The summed E-state index contributed by atoms with van der Waals surface area (Å²) in [6.45, 7) is 5.08. The fourth-order valence-corrected chi connectivity index (χ4v) is 6.66. The Bertz CT molecular complexity index is 2010. The Balaban J connectivity index is 1.84. The predicted octanol–water partition coefficient (Wildman–Crippen LogP) is 3.94. The third-order valence-corrected chi connectivity index (χ3v) is 8.55. The minimum absolute atomic E-state index is 0.147. The highest BCUT2D eigenvalue weighted by atomic mass is 32.2. The van der Waals surface area contributed by atoms with Gasteiger partial charge in [-0.1, -0.05) is 36.4 Å². The first-order chi connectivity index (χ1) is 17.9. The standard InChI is InChI=1S/C28H23NO7S2/c1-16-14-17(2)28(38(33,34)35)18(3)27(16)29-19-12-13-21-24(15-19)36-23-10-6-4-8-20(23)26(21)22-9-5-7-11-25(22)37(30,31)32/h4-15H,1-3H3,(H,30,31,32)(H,33,34,35)/p+1. The molecular weight excluding hydrogens is 526 g/mol. The van der Waals surface area contributed by atoms with Crippen LogP contribution in [0.1, 0.15) is 16.7 Å². The van der Waals surface area contributed by atoms with Crippen molar-refractivity contribution in [3.8, 4) is 22.5 Å². The highest BCUT2D eigenvalue weighted by Crippen LogP contribution is 2.41. The van der Waals surface area contributed by atoms with Crippen molar-refractivity contribution < 1.29 is 35.4 Å². The predicted molar refractivity (Wildman–Crippen MR) is 142 cm³/mol. The Hall–Kier alpha value is -3.83. The summed E-state index contributed by atoms with van der Waals surface area (Å²) in [7, 11) is -8.94. The normalized spacial score (nSPS) is 12.9. The Morgan fingerprint density at radius 3 is 2.13 bits per heavy atom. The van der Waals surface area contributed by atoms with Crippen LogP contribution in [-0.4, -0.2) is 25.9 Å². The smallest absolute Gasteiger partial charge is 0.295 e. The molecule has 5 rings (SSSR count). The molecule has 194 valence electrons. The third kappa shape index (κ3) is 4.52. The molecule has 8 nitrogen and oxygen atoms in total. The number of nitrogens with one attached hydrogen (secondary N) is 1. The van der Waals surface area contributed by atoms with Crippen LogP contribution in [0, 0.1) is 20.8 Å².